The van der Waals surface area contributed by atoms with Gasteiger partial charge in [-0.15, -0.1) is 11.3 Å². The average Bonchev–Trinajstić information content (AvgIpc) is 2.74. The molecule has 2 heterocycles. The third-order valence-corrected chi connectivity index (χ3v) is 4.45. The molecule has 16 heavy (non-hydrogen) atoms. The summed E-state index contributed by atoms with van der Waals surface area (Å²) in [6.07, 6.45) is 5.27. The molecule has 1 saturated heterocycles. The highest BCUT2D eigenvalue weighted by atomic mass is 32.1. The fourth-order valence-electron chi connectivity index (χ4n) is 2.55. The molecule has 0 aliphatic carbocycles. The van der Waals surface area contributed by atoms with E-state index in [0.29, 0.717) is 6.04 Å². The molecule has 0 radical (unpaired) electrons. The molecule has 0 saturated carbocycles. The highest BCUT2D eigenvalue weighted by molar-refractivity contribution is 7.17. The summed E-state index contributed by atoms with van der Waals surface area (Å²) in [5, 5.41) is 7.42. The van der Waals surface area contributed by atoms with E-state index in [-0.39, 0.29) is 0 Å². The van der Waals surface area contributed by atoms with Crippen LogP contribution in [0.15, 0.2) is 29.6 Å². The first-order valence-corrected chi connectivity index (χ1v) is 7.00. The summed E-state index contributed by atoms with van der Waals surface area (Å²) in [6, 6.07) is 9.45. The van der Waals surface area contributed by atoms with Gasteiger partial charge >= 0.3 is 0 Å². The fourth-order valence-corrected chi connectivity index (χ4v) is 3.53. The van der Waals surface area contributed by atoms with Crippen LogP contribution < -0.4 is 5.32 Å². The van der Waals surface area contributed by atoms with Crippen LogP contribution in [0, 0.1) is 0 Å². The van der Waals surface area contributed by atoms with Gasteiger partial charge in [0, 0.05) is 10.7 Å². The first kappa shape index (κ1) is 10.3. The van der Waals surface area contributed by atoms with Crippen LogP contribution in [0.25, 0.3) is 10.1 Å². The maximum atomic E-state index is 3.63. The normalized spacial score (nSPS) is 21.4. The van der Waals surface area contributed by atoms with Gasteiger partial charge in [0.15, 0.2) is 0 Å². The van der Waals surface area contributed by atoms with Gasteiger partial charge in [0.1, 0.15) is 0 Å². The van der Waals surface area contributed by atoms with E-state index >= 15 is 0 Å². The Morgan fingerprint density at radius 3 is 3.06 bits per heavy atom. The summed E-state index contributed by atoms with van der Waals surface area (Å²) in [4.78, 5) is 0. The Morgan fingerprint density at radius 2 is 2.19 bits per heavy atom. The number of piperidine rings is 1. The zero-order valence-electron chi connectivity index (χ0n) is 9.41. The first-order valence-electron chi connectivity index (χ1n) is 6.12. The van der Waals surface area contributed by atoms with Gasteiger partial charge in [-0.05, 0) is 48.2 Å². The van der Waals surface area contributed by atoms with Crippen molar-refractivity contribution in [1.29, 1.82) is 0 Å². The van der Waals surface area contributed by atoms with E-state index in [2.05, 4.69) is 35.0 Å². The summed E-state index contributed by atoms with van der Waals surface area (Å²) in [5.41, 5.74) is 1.53. The minimum absolute atomic E-state index is 0.701. The van der Waals surface area contributed by atoms with E-state index in [0.717, 1.165) is 0 Å². The Bertz CT molecular complexity index is 468. The Hall–Kier alpha value is -0.860. The predicted octanol–water partition coefficient (Wildman–Crippen LogP) is 3.59. The van der Waals surface area contributed by atoms with Crippen molar-refractivity contribution in [2.45, 2.75) is 31.7 Å². The number of thiophene rings is 1. The lowest BCUT2D eigenvalue weighted by molar-refractivity contribution is 0.400. The summed E-state index contributed by atoms with van der Waals surface area (Å²) in [7, 11) is 0. The van der Waals surface area contributed by atoms with Crippen molar-refractivity contribution in [3.05, 3.63) is 35.2 Å². The zero-order chi connectivity index (χ0) is 10.8. The molecule has 1 fully saturated rings. The second-order valence-corrected chi connectivity index (χ2v) is 5.52. The molecule has 1 unspecified atom stereocenters. The van der Waals surface area contributed by atoms with Crippen LogP contribution in [0.1, 0.15) is 24.8 Å². The highest BCUT2D eigenvalue weighted by Gasteiger charge is 2.14. The van der Waals surface area contributed by atoms with Crippen LogP contribution in [0.5, 0.6) is 0 Å². The molecule has 0 amide bonds. The smallest absolute Gasteiger partial charge is 0.0345 e. The van der Waals surface area contributed by atoms with Gasteiger partial charge in [-0.3, -0.25) is 0 Å². The molecule has 0 spiro atoms. The average molecular weight is 231 g/mol. The van der Waals surface area contributed by atoms with Crippen molar-refractivity contribution in [3.8, 4) is 0 Å². The van der Waals surface area contributed by atoms with Crippen LogP contribution >= 0.6 is 11.3 Å². The van der Waals surface area contributed by atoms with E-state index < -0.39 is 0 Å². The van der Waals surface area contributed by atoms with Crippen LogP contribution in [0.4, 0.5) is 0 Å². The largest absolute Gasteiger partial charge is 0.314 e. The molecule has 1 aromatic heterocycles. The minimum atomic E-state index is 0.701. The molecule has 84 valence electrons. The molecule has 2 heteroatoms. The Kier molecular flexibility index (Phi) is 2.94. The molecule has 1 N–H and O–H groups in total. The van der Waals surface area contributed by atoms with Crippen molar-refractivity contribution < 1.29 is 0 Å². The second-order valence-electron chi connectivity index (χ2n) is 4.61. The molecule has 1 atom stereocenters. The van der Waals surface area contributed by atoms with Gasteiger partial charge in [-0.1, -0.05) is 24.6 Å². The maximum Gasteiger partial charge on any atom is 0.0345 e. The van der Waals surface area contributed by atoms with Crippen molar-refractivity contribution in [2.75, 3.05) is 6.54 Å². The Balaban J connectivity index is 1.83. The van der Waals surface area contributed by atoms with Crippen molar-refractivity contribution in [2.24, 2.45) is 0 Å². The van der Waals surface area contributed by atoms with E-state index in [9.17, 15) is 0 Å². The van der Waals surface area contributed by atoms with Gasteiger partial charge < -0.3 is 5.32 Å². The van der Waals surface area contributed by atoms with Crippen molar-refractivity contribution >= 4 is 21.4 Å². The summed E-state index contributed by atoms with van der Waals surface area (Å²) >= 11 is 1.87. The number of hydrogen-bond donors (Lipinski definition) is 1. The zero-order valence-corrected chi connectivity index (χ0v) is 10.2. The highest BCUT2D eigenvalue weighted by Crippen LogP contribution is 2.27. The number of hydrogen-bond acceptors (Lipinski definition) is 2. The molecule has 1 nitrogen and oxygen atoms in total. The van der Waals surface area contributed by atoms with Crippen LogP contribution in [-0.4, -0.2) is 12.6 Å². The number of benzene rings is 1. The van der Waals surface area contributed by atoms with Crippen LogP contribution in [0.3, 0.4) is 0 Å². The summed E-state index contributed by atoms with van der Waals surface area (Å²) in [6.45, 7) is 1.20. The number of nitrogens with one attached hydrogen (secondary N) is 1. The monoisotopic (exact) mass is 231 g/mol. The quantitative estimate of drug-likeness (QED) is 0.833. The lowest BCUT2D eigenvalue weighted by Crippen LogP contribution is -2.35. The second kappa shape index (κ2) is 4.56. The topological polar surface area (TPSA) is 12.0 Å². The fraction of sp³-hybridized carbons (Fsp3) is 0.429. The lowest BCUT2D eigenvalue weighted by Gasteiger charge is -2.23. The third-order valence-electron chi connectivity index (χ3n) is 3.44. The van der Waals surface area contributed by atoms with E-state index in [1.54, 1.807) is 0 Å². The molecular formula is C14H17NS. The SMILES string of the molecule is c1ccc2c(CC3CCCCN3)csc2c1. The van der Waals surface area contributed by atoms with Crippen LogP contribution in [0.2, 0.25) is 0 Å². The maximum absolute atomic E-state index is 3.63. The number of rotatable bonds is 2. The predicted molar refractivity (Wildman–Crippen MR) is 71.2 cm³/mol. The third kappa shape index (κ3) is 2.00. The Morgan fingerprint density at radius 1 is 1.25 bits per heavy atom. The molecule has 2 aromatic rings. The van der Waals surface area contributed by atoms with Gasteiger partial charge in [-0.25, -0.2) is 0 Å². The molecule has 1 aliphatic rings. The first-order chi connectivity index (χ1) is 7.93. The van der Waals surface area contributed by atoms with Gasteiger partial charge in [-0.2, -0.15) is 0 Å². The summed E-state index contributed by atoms with van der Waals surface area (Å²) in [5.74, 6) is 0. The van der Waals surface area contributed by atoms with E-state index in [1.807, 2.05) is 11.3 Å². The van der Waals surface area contributed by atoms with Gasteiger partial charge in [0.25, 0.3) is 0 Å². The van der Waals surface area contributed by atoms with Crippen LogP contribution in [-0.2, 0) is 6.42 Å². The summed E-state index contributed by atoms with van der Waals surface area (Å²) < 4.78 is 1.42. The van der Waals surface area contributed by atoms with Crippen molar-refractivity contribution in [1.82, 2.24) is 5.32 Å². The van der Waals surface area contributed by atoms with Gasteiger partial charge in [0.2, 0.25) is 0 Å². The molecule has 3 rings (SSSR count). The number of fused-ring (bicyclic) bond motifs is 1. The standard InChI is InChI=1S/C14H17NS/c1-2-7-14-13(6-1)11(10-16-14)9-12-5-3-4-8-15-12/h1-2,6-7,10,12,15H,3-5,8-9H2. The molecule has 0 bridgehead atoms. The Labute approximate surface area is 100 Å². The van der Waals surface area contributed by atoms with E-state index in [1.165, 1.54) is 47.9 Å². The van der Waals surface area contributed by atoms with E-state index in [4.69, 9.17) is 0 Å². The van der Waals surface area contributed by atoms with Gasteiger partial charge in [0.05, 0.1) is 0 Å². The molecule has 1 aliphatic heterocycles. The minimum Gasteiger partial charge on any atom is -0.314 e. The molecular weight excluding hydrogens is 214 g/mol. The van der Waals surface area contributed by atoms with Crippen molar-refractivity contribution in [3.63, 3.8) is 0 Å². The lowest BCUT2D eigenvalue weighted by atomic mass is 9.97. The molecule has 1 aromatic carbocycles.